The Bertz CT molecular complexity index is 1480. The summed E-state index contributed by atoms with van der Waals surface area (Å²) in [5.74, 6) is -3.53. The van der Waals surface area contributed by atoms with Crippen LogP contribution in [0.15, 0.2) is 48.1 Å². The van der Waals surface area contributed by atoms with Crippen molar-refractivity contribution in [1.82, 2.24) is 5.32 Å². The minimum atomic E-state index is -2.27. The largest absolute Gasteiger partial charge is 0.457 e. The molecule has 0 bridgehead atoms. The molecule has 0 unspecified atom stereocenters. The van der Waals surface area contributed by atoms with Crippen molar-refractivity contribution in [1.29, 1.82) is 0 Å². The number of alkyl halides is 2. The fourth-order valence-corrected chi connectivity index (χ4v) is 10.1. The first-order valence-corrected chi connectivity index (χ1v) is 16.3. The number of fused-ring (bicyclic) bond motifs is 7. The topological polar surface area (TPSA) is 105 Å². The number of benzene rings is 1. The van der Waals surface area contributed by atoms with E-state index in [4.69, 9.17) is 21.2 Å². The number of hydrogen-bond acceptors (Lipinski definition) is 8. The van der Waals surface area contributed by atoms with Gasteiger partial charge in [0.1, 0.15) is 6.17 Å². The highest BCUT2D eigenvalue weighted by atomic mass is 35.5. The average Bonchev–Trinajstić information content (AvgIpc) is 3.52. The lowest BCUT2D eigenvalue weighted by molar-refractivity contribution is -0.228. The predicted octanol–water partition coefficient (Wildman–Crippen LogP) is 4.49. The second-order valence-electron chi connectivity index (χ2n) is 14.2. The van der Waals surface area contributed by atoms with Crippen LogP contribution in [-0.4, -0.2) is 72.4 Å². The molecular formula is C34H39ClF2N2O6. The van der Waals surface area contributed by atoms with Crippen LogP contribution in [0.25, 0.3) is 0 Å². The number of hydroxylamine groups is 1. The maximum Gasteiger partial charge on any atom is 0.309 e. The molecule has 5 fully saturated rings. The number of ketones is 2. The maximum atomic E-state index is 17.7. The Kier molecular flexibility index (Phi) is 7.35. The summed E-state index contributed by atoms with van der Waals surface area (Å²) in [7, 11) is 0. The second-order valence-corrected chi connectivity index (χ2v) is 14.6. The highest BCUT2D eigenvalue weighted by Crippen LogP contribution is 2.72. The maximum absolute atomic E-state index is 17.7. The second kappa shape index (κ2) is 10.7. The van der Waals surface area contributed by atoms with Gasteiger partial charge in [-0.1, -0.05) is 24.6 Å². The summed E-state index contributed by atoms with van der Waals surface area (Å²) in [6.45, 7) is 4.55. The van der Waals surface area contributed by atoms with Gasteiger partial charge in [-0.05, 0) is 100 Å². The van der Waals surface area contributed by atoms with E-state index in [9.17, 15) is 19.5 Å². The predicted molar refractivity (Wildman–Crippen MR) is 162 cm³/mol. The van der Waals surface area contributed by atoms with Gasteiger partial charge in [-0.3, -0.25) is 24.3 Å². The highest BCUT2D eigenvalue weighted by Gasteiger charge is 2.79. The SMILES string of the molecule is C[C@]12C=CC(=O)C=C1[C@@H](F)C[C@H]1[C@@H]3C[C@H]4CN(c5ccc(Cl)cc5)O[C@@]4(C(=O)COC(=O)C4CCNCC4)[C@@]3(C)C[C@H](O)[C@@]12F. The Labute approximate surface area is 266 Å². The third-order valence-corrected chi connectivity index (χ3v) is 12.4. The minimum Gasteiger partial charge on any atom is -0.457 e. The van der Waals surface area contributed by atoms with Gasteiger partial charge >= 0.3 is 5.97 Å². The van der Waals surface area contributed by atoms with Crippen LogP contribution in [0.4, 0.5) is 14.5 Å². The van der Waals surface area contributed by atoms with Crippen LogP contribution in [0, 0.1) is 34.5 Å². The van der Waals surface area contributed by atoms with Gasteiger partial charge in [0, 0.05) is 27.7 Å². The Hall–Kier alpha value is -2.66. The zero-order valence-corrected chi connectivity index (χ0v) is 26.2. The van der Waals surface area contributed by atoms with Crippen molar-refractivity contribution in [3.8, 4) is 0 Å². The minimum absolute atomic E-state index is 0.0513. The highest BCUT2D eigenvalue weighted by molar-refractivity contribution is 6.30. The number of aliphatic hydroxyl groups excluding tert-OH is 1. The van der Waals surface area contributed by atoms with E-state index in [-0.39, 0.29) is 24.3 Å². The number of Topliss-reactive ketones (excluding diaryl/α,β-unsaturated/α-hetero) is 1. The molecule has 242 valence electrons. The molecular weight excluding hydrogens is 606 g/mol. The van der Waals surface area contributed by atoms with E-state index >= 15 is 8.78 Å². The van der Waals surface area contributed by atoms with E-state index in [1.165, 1.54) is 18.2 Å². The van der Waals surface area contributed by atoms with E-state index in [0.717, 1.165) is 0 Å². The van der Waals surface area contributed by atoms with E-state index in [1.54, 1.807) is 36.3 Å². The van der Waals surface area contributed by atoms with E-state index in [1.807, 2.05) is 6.92 Å². The lowest BCUT2D eigenvalue weighted by atomic mass is 9.44. The van der Waals surface area contributed by atoms with Crippen LogP contribution in [0.1, 0.15) is 46.0 Å². The standard InChI is InChI=1S/C34H39ClF2N2O6/c1-31-10-7-23(40)14-26(31)27(36)15-25-24-13-20-17-39(22-5-3-21(35)4-6-22)45-34(20,32(24,2)16-28(41)33(25,31)37)29(42)18-44-30(43)19-8-11-38-12-9-19/h3-7,10,14,19-20,24-25,27-28,38,41H,8-9,11-13,15-18H2,1-2H3/t20-,24-,25-,27-,28-,31-,32-,33-,34-/m0/s1. The summed E-state index contributed by atoms with van der Waals surface area (Å²) in [6.07, 6.45) is 1.88. The molecule has 4 aliphatic carbocycles. The molecule has 45 heavy (non-hydrogen) atoms. The number of anilines is 1. The lowest BCUT2D eigenvalue weighted by Gasteiger charge is -2.63. The van der Waals surface area contributed by atoms with Gasteiger partial charge in [0.15, 0.2) is 23.7 Å². The van der Waals surface area contributed by atoms with Gasteiger partial charge in [0.05, 0.1) is 24.3 Å². The van der Waals surface area contributed by atoms with Crippen molar-refractivity contribution in [2.24, 2.45) is 34.5 Å². The molecule has 0 amide bonds. The molecule has 1 aromatic carbocycles. The molecule has 2 N–H and O–H groups in total. The number of nitrogens with one attached hydrogen (secondary N) is 1. The molecule has 9 atom stereocenters. The number of carbonyl (C=O) groups is 3. The van der Waals surface area contributed by atoms with Crippen LogP contribution in [0.3, 0.4) is 0 Å². The average molecular weight is 645 g/mol. The molecule has 0 aromatic heterocycles. The van der Waals surface area contributed by atoms with Gasteiger partial charge in [-0.25, -0.2) is 8.78 Å². The number of ether oxygens (including phenoxy) is 1. The molecule has 2 aliphatic heterocycles. The van der Waals surface area contributed by atoms with E-state index in [2.05, 4.69) is 5.32 Å². The first kappa shape index (κ1) is 31.0. The first-order valence-electron chi connectivity index (χ1n) is 15.9. The molecule has 6 aliphatic rings. The number of aliphatic hydroxyl groups is 1. The van der Waals surface area contributed by atoms with Crippen molar-refractivity contribution in [3.05, 3.63) is 53.1 Å². The fraction of sp³-hybridized carbons (Fsp3) is 0.618. The number of esters is 1. The van der Waals surface area contributed by atoms with Crippen LogP contribution < -0.4 is 10.4 Å². The molecule has 7 rings (SSSR count). The Morgan fingerprint density at radius 2 is 1.87 bits per heavy atom. The molecule has 8 nitrogen and oxygen atoms in total. The smallest absolute Gasteiger partial charge is 0.309 e. The van der Waals surface area contributed by atoms with Crippen molar-refractivity contribution >= 4 is 34.8 Å². The molecule has 3 saturated carbocycles. The van der Waals surface area contributed by atoms with Crippen molar-refractivity contribution in [2.45, 2.75) is 69.5 Å². The molecule has 11 heteroatoms. The molecule has 2 saturated heterocycles. The number of hydrogen-bond donors (Lipinski definition) is 2. The zero-order valence-electron chi connectivity index (χ0n) is 25.4. The van der Waals surface area contributed by atoms with Crippen LogP contribution >= 0.6 is 11.6 Å². The van der Waals surface area contributed by atoms with Crippen molar-refractivity contribution < 1.29 is 37.8 Å². The van der Waals surface area contributed by atoms with E-state index in [0.29, 0.717) is 49.6 Å². The molecule has 1 aromatic rings. The third kappa shape index (κ3) is 4.27. The summed E-state index contributed by atoms with van der Waals surface area (Å²) < 4.78 is 39.3. The number of nitrogens with zero attached hydrogens (tertiary/aromatic N) is 1. The number of carbonyl (C=O) groups excluding carboxylic acids is 3. The number of rotatable bonds is 5. The molecule has 0 radical (unpaired) electrons. The third-order valence-electron chi connectivity index (χ3n) is 12.2. The van der Waals surface area contributed by atoms with Gasteiger partial charge in [0.25, 0.3) is 0 Å². The Balaban J connectivity index is 1.26. The Morgan fingerprint density at radius 3 is 2.58 bits per heavy atom. The van der Waals surface area contributed by atoms with Gasteiger partial charge in [0.2, 0.25) is 5.78 Å². The normalized spacial score (nSPS) is 42.4. The number of piperidine rings is 1. The van der Waals surface area contributed by atoms with Crippen molar-refractivity contribution in [2.75, 3.05) is 31.3 Å². The monoisotopic (exact) mass is 644 g/mol. The quantitative estimate of drug-likeness (QED) is 0.452. The molecule has 0 spiro atoms. The Morgan fingerprint density at radius 1 is 1.16 bits per heavy atom. The fourth-order valence-electron chi connectivity index (χ4n) is 9.93. The van der Waals surface area contributed by atoms with Crippen LogP contribution in [-0.2, 0) is 24.0 Å². The summed E-state index contributed by atoms with van der Waals surface area (Å²) in [5.41, 5.74) is -5.76. The summed E-state index contributed by atoms with van der Waals surface area (Å²) in [4.78, 5) is 46.3. The van der Waals surface area contributed by atoms with Crippen LogP contribution in [0.5, 0.6) is 0 Å². The summed E-state index contributed by atoms with van der Waals surface area (Å²) in [5, 5.41) is 17.2. The number of halogens is 3. The molecule has 2 heterocycles. The van der Waals surface area contributed by atoms with Crippen LogP contribution in [0.2, 0.25) is 5.02 Å². The zero-order chi connectivity index (χ0) is 31.9. The van der Waals surface area contributed by atoms with Gasteiger partial charge in [-0.2, -0.15) is 0 Å². The van der Waals surface area contributed by atoms with E-state index < -0.39 is 76.3 Å². The summed E-state index contributed by atoms with van der Waals surface area (Å²) in [6, 6.07) is 6.99. The number of allylic oxidation sites excluding steroid dienone is 4. The van der Waals surface area contributed by atoms with Crippen molar-refractivity contribution in [3.63, 3.8) is 0 Å². The summed E-state index contributed by atoms with van der Waals surface area (Å²) >= 11 is 6.13. The lowest BCUT2D eigenvalue weighted by Crippen LogP contribution is -2.70. The first-order chi connectivity index (χ1) is 21.3. The van der Waals surface area contributed by atoms with Gasteiger partial charge < -0.3 is 15.2 Å². The van der Waals surface area contributed by atoms with Gasteiger partial charge in [-0.15, -0.1) is 0 Å².